The minimum Gasteiger partial charge on any atom is -0.493 e. The Bertz CT molecular complexity index is 895. The van der Waals surface area contributed by atoms with Crippen LogP contribution < -0.4 is 15.2 Å². The average molecular weight is 408 g/mol. The maximum atomic E-state index is 12.7. The lowest BCUT2D eigenvalue weighted by Crippen LogP contribution is -2.16. The molecule has 0 aliphatic rings. The number of nitrogens with two attached hydrogens (primary N) is 1. The summed E-state index contributed by atoms with van der Waals surface area (Å²) < 4.78 is 12.2. The van der Waals surface area contributed by atoms with Crippen LogP contribution in [0.5, 0.6) is 11.5 Å². The van der Waals surface area contributed by atoms with E-state index in [4.69, 9.17) is 15.2 Å². The van der Waals surface area contributed by atoms with Gasteiger partial charge in [0.15, 0.2) is 5.78 Å². The van der Waals surface area contributed by atoms with Gasteiger partial charge in [0.05, 0.1) is 18.8 Å². The predicted molar refractivity (Wildman–Crippen MR) is 125 cm³/mol. The molecule has 0 heterocycles. The van der Waals surface area contributed by atoms with Crippen molar-refractivity contribution in [1.82, 2.24) is 0 Å². The van der Waals surface area contributed by atoms with E-state index in [0.717, 1.165) is 29.7 Å². The lowest BCUT2D eigenvalue weighted by atomic mass is 9.83. The van der Waals surface area contributed by atoms with Gasteiger partial charge in [0.2, 0.25) is 0 Å². The molecule has 2 aromatic rings. The number of anilines is 1. The number of carbonyl (C=O) groups excluding carboxylic acids is 1. The van der Waals surface area contributed by atoms with Gasteiger partial charge in [0.25, 0.3) is 0 Å². The molecule has 0 radical (unpaired) electrons. The van der Waals surface area contributed by atoms with E-state index in [1.165, 1.54) is 0 Å². The molecule has 0 unspecified atom stereocenters. The van der Waals surface area contributed by atoms with E-state index in [-0.39, 0.29) is 11.2 Å². The van der Waals surface area contributed by atoms with Crippen molar-refractivity contribution >= 4 is 17.5 Å². The molecular formula is C26H33NO3. The minimum absolute atomic E-state index is 0.105. The summed E-state index contributed by atoms with van der Waals surface area (Å²) in [5.41, 5.74) is 8.41. The third-order valence-electron chi connectivity index (χ3n) is 4.87. The molecule has 0 amide bonds. The number of ether oxygens (including phenoxy) is 2. The standard InChI is InChI=1S/C26H33NO3/c1-6-17-29-24-16-14-22(26(4,5)8-3)25(30-18-7-2)21(24)13-15-23(28)19-9-11-20(27)12-10-19/h8-16H,3,6-7,17-18,27H2,1-2,4-5H3. The van der Waals surface area contributed by atoms with E-state index < -0.39 is 0 Å². The highest BCUT2D eigenvalue weighted by Gasteiger charge is 2.25. The first-order chi connectivity index (χ1) is 14.3. The highest BCUT2D eigenvalue weighted by atomic mass is 16.5. The number of hydrogen-bond donors (Lipinski definition) is 1. The molecule has 0 saturated heterocycles. The van der Waals surface area contributed by atoms with Crippen LogP contribution in [0.1, 0.15) is 62.0 Å². The topological polar surface area (TPSA) is 61.5 Å². The summed E-state index contributed by atoms with van der Waals surface area (Å²) in [5, 5.41) is 0. The quantitative estimate of drug-likeness (QED) is 0.208. The van der Waals surface area contributed by atoms with Crippen LogP contribution in [0.3, 0.4) is 0 Å². The molecule has 160 valence electrons. The summed E-state index contributed by atoms with van der Waals surface area (Å²) in [6.45, 7) is 13.5. The van der Waals surface area contributed by atoms with Crippen molar-refractivity contribution in [2.45, 2.75) is 46.0 Å². The second kappa shape index (κ2) is 10.7. The van der Waals surface area contributed by atoms with Crippen LogP contribution in [0, 0.1) is 0 Å². The molecule has 0 aromatic heterocycles. The highest BCUT2D eigenvalue weighted by molar-refractivity contribution is 6.07. The molecule has 2 rings (SSSR count). The monoisotopic (exact) mass is 407 g/mol. The van der Waals surface area contributed by atoms with Crippen LogP contribution in [0.25, 0.3) is 6.08 Å². The molecule has 0 spiro atoms. The van der Waals surface area contributed by atoms with Crippen molar-refractivity contribution in [3.63, 3.8) is 0 Å². The molecule has 2 aromatic carbocycles. The predicted octanol–water partition coefficient (Wildman–Crippen LogP) is 6.21. The van der Waals surface area contributed by atoms with Gasteiger partial charge in [-0.25, -0.2) is 0 Å². The summed E-state index contributed by atoms with van der Waals surface area (Å²) >= 11 is 0. The Morgan fingerprint density at radius 3 is 2.27 bits per heavy atom. The SMILES string of the molecule is C=CC(C)(C)c1ccc(OCCC)c(C=CC(=O)c2ccc(N)cc2)c1OCCC. The van der Waals surface area contributed by atoms with Crippen molar-refractivity contribution in [3.05, 3.63) is 71.8 Å². The van der Waals surface area contributed by atoms with Crippen molar-refractivity contribution in [3.8, 4) is 11.5 Å². The van der Waals surface area contributed by atoms with Crippen LogP contribution in [-0.2, 0) is 5.41 Å². The smallest absolute Gasteiger partial charge is 0.185 e. The molecule has 2 N–H and O–H groups in total. The zero-order chi connectivity index (χ0) is 22.1. The van der Waals surface area contributed by atoms with Gasteiger partial charge in [-0.15, -0.1) is 6.58 Å². The van der Waals surface area contributed by atoms with E-state index in [0.29, 0.717) is 30.2 Å². The van der Waals surface area contributed by atoms with Gasteiger partial charge in [-0.2, -0.15) is 0 Å². The molecule has 0 aliphatic heterocycles. The Hall–Kier alpha value is -3.01. The summed E-state index contributed by atoms with van der Waals surface area (Å²) in [4.78, 5) is 12.7. The molecule has 0 bridgehead atoms. The Morgan fingerprint density at radius 1 is 1.03 bits per heavy atom. The zero-order valence-corrected chi connectivity index (χ0v) is 18.5. The van der Waals surface area contributed by atoms with Gasteiger partial charge >= 0.3 is 0 Å². The Morgan fingerprint density at radius 2 is 1.67 bits per heavy atom. The van der Waals surface area contributed by atoms with E-state index >= 15 is 0 Å². The van der Waals surface area contributed by atoms with Crippen molar-refractivity contribution in [1.29, 1.82) is 0 Å². The molecule has 0 atom stereocenters. The van der Waals surface area contributed by atoms with E-state index in [2.05, 4.69) is 34.3 Å². The second-order valence-electron chi connectivity index (χ2n) is 7.80. The van der Waals surface area contributed by atoms with Gasteiger partial charge in [-0.05, 0) is 55.3 Å². The van der Waals surface area contributed by atoms with Gasteiger partial charge in [0, 0.05) is 22.2 Å². The number of rotatable bonds is 11. The third-order valence-corrected chi connectivity index (χ3v) is 4.87. The first kappa shape index (κ1) is 23.3. The third kappa shape index (κ3) is 5.76. The highest BCUT2D eigenvalue weighted by Crippen LogP contribution is 2.40. The summed E-state index contributed by atoms with van der Waals surface area (Å²) in [6, 6.07) is 10.9. The maximum Gasteiger partial charge on any atom is 0.185 e. The first-order valence-electron chi connectivity index (χ1n) is 10.5. The molecule has 0 fully saturated rings. The molecule has 0 saturated carbocycles. The van der Waals surface area contributed by atoms with Crippen LogP contribution in [0.2, 0.25) is 0 Å². The van der Waals surface area contributed by atoms with Crippen LogP contribution >= 0.6 is 0 Å². The van der Waals surface area contributed by atoms with E-state index in [1.54, 1.807) is 36.4 Å². The fourth-order valence-electron chi connectivity index (χ4n) is 2.96. The number of allylic oxidation sites excluding steroid dienone is 2. The fourth-order valence-corrected chi connectivity index (χ4v) is 2.96. The van der Waals surface area contributed by atoms with Crippen molar-refractivity contribution in [2.24, 2.45) is 0 Å². The maximum absolute atomic E-state index is 12.7. The average Bonchev–Trinajstić information content (AvgIpc) is 2.75. The molecule has 4 nitrogen and oxygen atoms in total. The zero-order valence-electron chi connectivity index (χ0n) is 18.5. The summed E-state index contributed by atoms with van der Waals surface area (Å²) in [6.07, 6.45) is 7.02. The van der Waals surface area contributed by atoms with Crippen molar-refractivity contribution < 1.29 is 14.3 Å². The molecular weight excluding hydrogens is 374 g/mol. The second-order valence-corrected chi connectivity index (χ2v) is 7.80. The Labute approximate surface area is 180 Å². The number of carbonyl (C=O) groups is 1. The lowest BCUT2D eigenvalue weighted by Gasteiger charge is -2.26. The number of ketones is 1. The molecule has 4 heteroatoms. The Kier molecular flexibility index (Phi) is 8.28. The van der Waals surface area contributed by atoms with E-state index in [9.17, 15) is 4.79 Å². The molecule has 0 aliphatic carbocycles. The number of hydrogen-bond acceptors (Lipinski definition) is 4. The van der Waals surface area contributed by atoms with Gasteiger partial charge < -0.3 is 15.2 Å². The van der Waals surface area contributed by atoms with E-state index in [1.807, 2.05) is 18.2 Å². The fraction of sp³-hybridized carbons (Fsp3) is 0.346. The first-order valence-corrected chi connectivity index (χ1v) is 10.5. The number of benzene rings is 2. The van der Waals surface area contributed by atoms with Crippen molar-refractivity contribution in [2.75, 3.05) is 18.9 Å². The van der Waals surface area contributed by atoms with Gasteiger partial charge in [0.1, 0.15) is 11.5 Å². The Balaban J connectivity index is 2.55. The minimum atomic E-state index is -0.296. The summed E-state index contributed by atoms with van der Waals surface area (Å²) in [7, 11) is 0. The lowest BCUT2D eigenvalue weighted by molar-refractivity contribution is 0.104. The number of nitrogen functional groups attached to an aromatic ring is 1. The molecule has 30 heavy (non-hydrogen) atoms. The van der Waals surface area contributed by atoms with Gasteiger partial charge in [-0.1, -0.05) is 39.8 Å². The van der Waals surface area contributed by atoms with Crippen LogP contribution in [0.4, 0.5) is 5.69 Å². The summed E-state index contributed by atoms with van der Waals surface area (Å²) in [5.74, 6) is 1.33. The largest absolute Gasteiger partial charge is 0.493 e. The van der Waals surface area contributed by atoms with Crippen LogP contribution in [-0.4, -0.2) is 19.0 Å². The van der Waals surface area contributed by atoms with Gasteiger partial charge in [-0.3, -0.25) is 4.79 Å². The normalized spacial score (nSPS) is 11.5. The van der Waals surface area contributed by atoms with Crippen LogP contribution in [0.15, 0.2) is 55.1 Å².